The molecular weight excluding hydrogens is 444 g/mol. The quantitative estimate of drug-likeness (QED) is 0.264. The zero-order valence-corrected chi connectivity index (χ0v) is 19.0. The monoisotopic (exact) mass is 462 g/mol. The Morgan fingerprint density at radius 1 is 0.600 bits per heavy atom. The third-order valence-electron chi connectivity index (χ3n) is 4.36. The molecule has 6 nitrogen and oxygen atoms in total. The van der Waals surface area contributed by atoms with Crippen molar-refractivity contribution in [2.75, 3.05) is 19.8 Å². The summed E-state index contributed by atoms with van der Waals surface area (Å²) in [6, 6.07) is 5.40. The number of rotatable bonds is 6. The summed E-state index contributed by atoms with van der Waals surface area (Å²) in [4.78, 5) is 38.4. The molecule has 3 heterocycles. The van der Waals surface area contributed by atoms with E-state index in [-0.39, 0.29) is 37.7 Å². The zero-order chi connectivity index (χ0) is 21.4. The zero-order valence-electron chi connectivity index (χ0n) is 16.5. The maximum atomic E-state index is 12.3. The van der Waals surface area contributed by atoms with Crippen molar-refractivity contribution in [3.8, 4) is 0 Å². The van der Waals surface area contributed by atoms with E-state index in [2.05, 4.69) is 0 Å². The second kappa shape index (κ2) is 8.33. The Hall–Kier alpha value is -2.49. The number of fused-ring (bicyclic) bond motifs is 6. The molecule has 4 rings (SSSR count). The molecule has 0 bridgehead atoms. The predicted octanol–water partition coefficient (Wildman–Crippen LogP) is 5.86. The lowest BCUT2D eigenvalue weighted by Gasteiger charge is -1.96. The van der Waals surface area contributed by atoms with E-state index in [4.69, 9.17) is 14.2 Å². The van der Waals surface area contributed by atoms with Crippen LogP contribution in [0.4, 0.5) is 0 Å². The molecule has 1 aromatic carbocycles. The number of thiophene rings is 3. The van der Waals surface area contributed by atoms with E-state index < -0.39 is 0 Å². The minimum atomic E-state index is -0.386. The second-order valence-electron chi connectivity index (χ2n) is 6.22. The van der Waals surface area contributed by atoms with Crippen molar-refractivity contribution in [3.63, 3.8) is 0 Å². The van der Waals surface area contributed by atoms with Gasteiger partial charge in [0.25, 0.3) is 0 Å². The normalized spacial score (nSPS) is 11.3. The molecule has 0 aliphatic heterocycles. The summed E-state index contributed by atoms with van der Waals surface area (Å²) < 4.78 is 18.1. The summed E-state index contributed by atoms with van der Waals surface area (Å²) >= 11 is 3.98. The van der Waals surface area contributed by atoms with Gasteiger partial charge in [-0.2, -0.15) is 0 Å². The molecule has 0 atom stereocenters. The Morgan fingerprint density at radius 3 is 1.10 bits per heavy atom. The summed E-state index contributed by atoms with van der Waals surface area (Å²) in [5, 5.41) is 2.58. The van der Waals surface area contributed by atoms with Crippen molar-refractivity contribution in [2.24, 2.45) is 0 Å². The number of carbonyl (C=O) groups is 3. The van der Waals surface area contributed by atoms with Crippen molar-refractivity contribution in [1.82, 2.24) is 0 Å². The molecule has 0 aliphatic rings. The van der Waals surface area contributed by atoms with Crippen molar-refractivity contribution in [1.29, 1.82) is 0 Å². The van der Waals surface area contributed by atoms with Crippen LogP contribution in [0.5, 0.6) is 0 Å². The molecule has 0 radical (unpaired) electrons. The fraction of sp³-hybridized carbons (Fsp3) is 0.286. The lowest BCUT2D eigenvalue weighted by molar-refractivity contribution is 0.0522. The molecule has 0 unspecified atom stereocenters. The van der Waals surface area contributed by atoms with Gasteiger partial charge in [0.15, 0.2) is 0 Å². The van der Waals surface area contributed by atoms with Crippen molar-refractivity contribution < 1.29 is 28.6 Å². The van der Waals surface area contributed by atoms with Gasteiger partial charge in [0, 0.05) is 30.3 Å². The first kappa shape index (κ1) is 20.8. The topological polar surface area (TPSA) is 78.9 Å². The average molecular weight is 463 g/mol. The van der Waals surface area contributed by atoms with Crippen LogP contribution in [0.1, 0.15) is 49.8 Å². The van der Waals surface area contributed by atoms with E-state index in [1.54, 1.807) is 39.0 Å². The smallest absolute Gasteiger partial charge is 0.348 e. The van der Waals surface area contributed by atoms with Crippen LogP contribution in [0.25, 0.3) is 30.3 Å². The number of benzene rings is 1. The van der Waals surface area contributed by atoms with Gasteiger partial charge in [0.2, 0.25) is 0 Å². The highest BCUT2D eigenvalue weighted by Crippen LogP contribution is 2.46. The summed E-state index contributed by atoms with van der Waals surface area (Å²) in [5.74, 6) is -1.16. The number of ether oxygens (including phenoxy) is 3. The molecule has 0 fully saturated rings. The average Bonchev–Trinajstić information content (AvgIpc) is 3.43. The van der Waals surface area contributed by atoms with E-state index in [0.29, 0.717) is 14.6 Å². The number of hydrogen-bond acceptors (Lipinski definition) is 9. The Kier molecular flexibility index (Phi) is 5.77. The van der Waals surface area contributed by atoms with Crippen LogP contribution in [0.2, 0.25) is 0 Å². The highest BCUT2D eigenvalue weighted by Gasteiger charge is 2.23. The van der Waals surface area contributed by atoms with Crippen LogP contribution in [0.3, 0.4) is 0 Å². The Morgan fingerprint density at radius 2 is 0.867 bits per heavy atom. The molecule has 0 N–H and O–H groups in total. The molecule has 0 saturated heterocycles. The maximum Gasteiger partial charge on any atom is 0.348 e. The van der Waals surface area contributed by atoms with Gasteiger partial charge in [-0.3, -0.25) is 0 Å². The van der Waals surface area contributed by atoms with Gasteiger partial charge in [0.05, 0.1) is 19.8 Å². The van der Waals surface area contributed by atoms with Crippen LogP contribution in [-0.4, -0.2) is 37.7 Å². The number of hydrogen-bond donors (Lipinski definition) is 0. The van der Waals surface area contributed by atoms with Crippen LogP contribution in [0, 0.1) is 0 Å². The van der Waals surface area contributed by atoms with E-state index >= 15 is 0 Å². The number of esters is 3. The first-order chi connectivity index (χ1) is 14.5. The second-order valence-corrected chi connectivity index (χ2v) is 9.38. The molecule has 3 aromatic heterocycles. The van der Waals surface area contributed by atoms with Gasteiger partial charge in [-0.25, -0.2) is 14.4 Å². The van der Waals surface area contributed by atoms with Gasteiger partial charge < -0.3 is 14.2 Å². The van der Waals surface area contributed by atoms with Gasteiger partial charge >= 0.3 is 17.9 Å². The molecular formula is C21H18O6S3. The van der Waals surface area contributed by atoms with E-state index in [9.17, 15) is 14.4 Å². The van der Waals surface area contributed by atoms with Gasteiger partial charge in [-0.1, -0.05) is 0 Å². The fourth-order valence-corrected chi connectivity index (χ4v) is 6.62. The van der Waals surface area contributed by atoms with Crippen molar-refractivity contribution in [2.45, 2.75) is 20.8 Å². The minimum Gasteiger partial charge on any atom is -0.462 e. The standard InChI is InChI=1S/C21H18O6S3/c1-4-25-19(22)13-7-10-16(28-13)11-8-14(20(23)26-5-2)30-18(11)12-9-15(29-17(10)12)21(24)27-6-3/h7-9H,4-6H2,1-3H3. The highest BCUT2D eigenvalue weighted by molar-refractivity contribution is 7.28. The van der Waals surface area contributed by atoms with Crippen LogP contribution in [-0.2, 0) is 14.2 Å². The maximum absolute atomic E-state index is 12.3. The lowest BCUT2D eigenvalue weighted by atomic mass is 10.1. The van der Waals surface area contributed by atoms with E-state index in [1.165, 1.54) is 34.0 Å². The first-order valence-electron chi connectivity index (χ1n) is 9.42. The Labute approximate surface area is 184 Å². The van der Waals surface area contributed by atoms with Gasteiger partial charge in [-0.05, 0) is 39.0 Å². The molecule has 30 heavy (non-hydrogen) atoms. The van der Waals surface area contributed by atoms with E-state index in [1.807, 2.05) is 0 Å². The van der Waals surface area contributed by atoms with Crippen molar-refractivity contribution in [3.05, 3.63) is 32.8 Å². The molecule has 4 aromatic rings. The van der Waals surface area contributed by atoms with Crippen molar-refractivity contribution >= 4 is 82.2 Å². The third-order valence-corrected chi connectivity index (χ3v) is 7.81. The fourth-order valence-electron chi connectivity index (χ4n) is 3.19. The molecule has 0 saturated carbocycles. The number of carbonyl (C=O) groups excluding carboxylic acids is 3. The SMILES string of the molecule is CCOC(=O)c1cc2c(s1)c1cc(C(=O)OCC)sc1c1cc(C(=O)OCC)sc21. The molecule has 0 amide bonds. The minimum absolute atomic E-state index is 0.287. The van der Waals surface area contributed by atoms with E-state index in [0.717, 1.165) is 30.3 Å². The summed E-state index contributed by atoms with van der Waals surface area (Å²) in [7, 11) is 0. The van der Waals surface area contributed by atoms with Gasteiger partial charge in [-0.15, -0.1) is 34.0 Å². The Balaban J connectivity index is 2.02. The highest BCUT2D eigenvalue weighted by atomic mass is 32.1. The predicted molar refractivity (Wildman–Crippen MR) is 120 cm³/mol. The molecule has 0 spiro atoms. The third kappa shape index (κ3) is 3.46. The lowest BCUT2D eigenvalue weighted by Crippen LogP contribution is -2.01. The largest absolute Gasteiger partial charge is 0.462 e. The van der Waals surface area contributed by atoms with Crippen LogP contribution in [0.15, 0.2) is 18.2 Å². The summed E-state index contributed by atoms with van der Waals surface area (Å²) in [6.45, 7) is 6.14. The molecule has 156 valence electrons. The van der Waals surface area contributed by atoms with Crippen LogP contribution < -0.4 is 0 Å². The molecule has 0 aliphatic carbocycles. The molecule has 9 heteroatoms. The summed E-state index contributed by atoms with van der Waals surface area (Å²) in [5.41, 5.74) is 0. The van der Waals surface area contributed by atoms with Crippen LogP contribution >= 0.6 is 34.0 Å². The first-order valence-corrected chi connectivity index (χ1v) is 11.9. The Bertz CT molecular complexity index is 1040. The summed E-state index contributed by atoms with van der Waals surface area (Å²) in [6.07, 6.45) is 0. The van der Waals surface area contributed by atoms with Gasteiger partial charge in [0.1, 0.15) is 14.6 Å².